The molecular formula is C23H27FN2O3. The molecule has 2 N–H and O–H groups in total. The van der Waals surface area contributed by atoms with Crippen LogP contribution >= 0.6 is 0 Å². The summed E-state index contributed by atoms with van der Waals surface area (Å²) in [7, 11) is 1.52. The number of benzene rings is 2. The minimum absolute atomic E-state index is 0.124. The van der Waals surface area contributed by atoms with Crippen LogP contribution in [0.1, 0.15) is 29.5 Å². The number of carbonyl (C=O) groups excluding carboxylic acids is 1. The molecule has 154 valence electrons. The Labute approximate surface area is 170 Å². The number of halogens is 1. The summed E-state index contributed by atoms with van der Waals surface area (Å²) >= 11 is 0. The van der Waals surface area contributed by atoms with Crippen LogP contribution in [0.4, 0.5) is 4.39 Å². The normalized spacial score (nSPS) is 22.0. The Balaban J connectivity index is 1.40. The van der Waals surface area contributed by atoms with Crippen LogP contribution in [0.2, 0.25) is 0 Å². The van der Waals surface area contributed by atoms with E-state index in [1.807, 2.05) is 12.1 Å². The maximum absolute atomic E-state index is 14.2. The van der Waals surface area contributed by atoms with Gasteiger partial charge in [0.15, 0.2) is 5.60 Å². The summed E-state index contributed by atoms with van der Waals surface area (Å²) in [5.41, 5.74) is 1.58. The molecule has 2 aromatic carbocycles. The number of aliphatic hydroxyl groups is 1. The largest absolute Gasteiger partial charge is 0.497 e. The highest BCUT2D eigenvalue weighted by atomic mass is 19.1. The van der Waals surface area contributed by atoms with Crippen molar-refractivity contribution in [1.29, 1.82) is 0 Å². The lowest BCUT2D eigenvalue weighted by atomic mass is 9.91. The van der Waals surface area contributed by atoms with Gasteiger partial charge in [-0.05, 0) is 55.0 Å². The molecule has 4 rings (SSSR count). The van der Waals surface area contributed by atoms with Crippen molar-refractivity contribution in [2.24, 2.45) is 0 Å². The van der Waals surface area contributed by atoms with Gasteiger partial charge < -0.3 is 20.1 Å². The molecule has 0 aromatic heterocycles. The van der Waals surface area contributed by atoms with Crippen LogP contribution < -0.4 is 10.1 Å². The second kappa shape index (κ2) is 8.13. The van der Waals surface area contributed by atoms with Gasteiger partial charge in [0.1, 0.15) is 11.6 Å². The maximum atomic E-state index is 14.2. The van der Waals surface area contributed by atoms with E-state index in [2.05, 4.69) is 17.4 Å². The van der Waals surface area contributed by atoms with Crippen molar-refractivity contribution >= 4 is 5.91 Å². The molecule has 1 fully saturated rings. The molecule has 0 saturated carbocycles. The molecule has 2 aromatic rings. The minimum atomic E-state index is -1.46. The van der Waals surface area contributed by atoms with E-state index < -0.39 is 5.60 Å². The number of rotatable bonds is 6. The average Bonchev–Trinajstić information content (AvgIpc) is 3.15. The third-order valence-corrected chi connectivity index (χ3v) is 6.05. The number of carbonyl (C=O) groups is 1. The fourth-order valence-corrected chi connectivity index (χ4v) is 4.40. The zero-order valence-corrected chi connectivity index (χ0v) is 16.7. The van der Waals surface area contributed by atoms with E-state index in [0.717, 1.165) is 12.8 Å². The van der Waals surface area contributed by atoms with Crippen molar-refractivity contribution in [2.45, 2.75) is 43.9 Å². The lowest BCUT2D eigenvalue weighted by molar-refractivity contribution is -0.157. The van der Waals surface area contributed by atoms with Crippen LogP contribution in [-0.4, -0.2) is 47.8 Å². The Morgan fingerprint density at radius 2 is 1.97 bits per heavy atom. The molecule has 1 heterocycles. The first-order valence-corrected chi connectivity index (χ1v) is 10.1. The predicted molar refractivity (Wildman–Crippen MR) is 108 cm³/mol. The van der Waals surface area contributed by atoms with Crippen molar-refractivity contribution in [3.05, 3.63) is 65.0 Å². The van der Waals surface area contributed by atoms with Crippen molar-refractivity contribution in [2.75, 3.05) is 20.2 Å². The van der Waals surface area contributed by atoms with Gasteiger partial charge in [0.05, 0.1) is 7.11 Å². The highest BCUT2D eigenvalue weighted by Gasteiger charge is 2.42. The first kappa shape index (κ1) is 19.9. The standard InChI is InChI=1S/C23H27FN2O3/c1-29-20-7-8-21(24)18(13-20)14-26-10-4-9-23(28,22(26)27)15-25-19-11-16-5-2-3-6-17(16)12-19/h2-3,5-8,13,19,25,28H,4,9-12,14-15H2,1H3. The van der Waals surface area contributed by atoms with Crippen molar-refractivity contribution < 1.29 is 19.0 Å². The number of fused-ring (bicyclic) bond motifs is 1. The molecular weight excluding hydrogens is 371 g/mol. The molecule has 29 heavy (non-hydrogen) atoms. The van der Waals surface area contributed by atoms with Gasteiger partial charge in [0.25, 0.3) is 5.91 Å². The van der Waals surface area contributed by atoms with Crippen LogP contribution in [0.15, 0.2) is 42.5 Å². The second-order valence-corrected chi connectivity index (χ2v) is 8.07. The highest BCUT2D eigenvalue weighted by Crippen LogP contribution is 2.27. The van der Waals surface area contributed by atoms with Gasteiger partial charge in [-0.2, -0.15) is 0 Å². The van der Waals surface area contributed by atoms with Crippen LogP contribution in [0.5, 0.6) is 5.75 Å². The molecule has 5 nitrogen and oxygen atoms in total. The summed E-state index contributed by atoms with van der Waals surface area (Å²) in [5.74, 6) is -0.174. The third kappa shape index (κ3) is 4.14. The summed E-state index contributed by atoms with van der Waals surface area (Å²) in [4.78, 5) is 14.6. The lowest BCUT2D eigenvalue weighted by Gasteiger charge is -2.39. The van der Waals surface area contributed by atoms with E-state index in [-0.39, 0.29) is 30.9 Å². The monoisotopic (exact) mass is 398 g/mol. The quantitative estimate of drug-likeness (QED) is 0.785. The van der Waals surface area contributed by atoms with Crippen LogP contribution in [0.25, 0.3) is 0 Å². The molecule has 1 unspecified atom stereocenters. The number of nitrogens with zero attached hydrogens (tertiary/aromatic N) is 1. The Morgan fingerprint density at radius 3 is 2.66 bits per heavy atom. The number of hydrogen-bond donors (Lipinski definition) is 2. The Hall–Kier alpha value is -2.44. The number of likely N-dealkylation sites (tertiary alicyclic amines) is 1. The molecule has 6 heteroatoms. The van der Waals surface area contributed by atoms with E-state index in [1.165, 1.54) is 24.3 Å². The third-order valence-electron chi connectivity index (χ3n) is 6.05. The molecule has 2 aliphatic rings. The van der Waals surface area contributed by atoms with Gasteiger partial charge in [-0.3, -0.25) is 4.79 Å². The molecule has 1 saturated heterocycles. The van der Waals surface area contributed by atoms with Crippen molar-refractivity contribution in [3.8, 4) is 5.75 Å². The molecule has 1 aliphatic carbocycles. The van der Waals surface area contributed by atoms with E-state index in [9.17, 15) is 14.3 Å². The highest BCUT2D eigenvalue weighted by molar-refractivity contribution is 5.86. The first-order valence-electron chi connectivity index (χ1n) is 10.1. The number of amides is 1. The second-order valence-electron chi connectivity index (χ2n) is 8.07. The lowest BCUT2D eigenvalue weighted by Crippen LogP contribution is -2.58. The predicted octanol–water partition coefficient (Wildman–Crippen LogP) is 2.44. The van der Waals surface area contributed by atoms with Crippen LogP contribution in [-0.2, 0) is 24.2 Å². The van der Waals surface area contributed by atoms with Gasteiger partial charge in [0, 0.05) is 31.2 Å². The summed E-state index contributed by atoms with van der Waals surface area (Å²) in [6.07, 6.45) is 2.90. The first-order chi connectivity index (χ1) is 14.0. The number of piperidine rings is 1. The summed E-state index contributed by atoms with van der Waals surface area (Å²) < 4.78 is 19.4. The number of methoxy groups -OCH3 is 1. The zero-order valence-electron chi connectivity index (χ0n) is 16.7. The smallest absolute Gasteiger partial charge is 0.256 e. The summed E-state index contributed by atoms with van der Waals surface area (Å²) in [6.45, 7) is 0.841. The molecule has 1 aliphatic heterocycles. The van der Waals surface area contributed by atoms with Crippen molar-refractivity contribution in [1.82, 2.24) is 10.2 Å². The van der Waals surface area contributed by atoms with E-state index in [0.29, 0.717) is 30.7 Å². The maximum Gasteiger partial charge on any atom is 0.256 e. The zero-order chi connectivity index (χ0) is 20.4. The van der Waals surface area contributed by atoms with Crippen LogP contribution in [0.3, 0.4) is 0 Å². The Morgan fingerprint density at radius 1 is 1.24 bits per heavy atom. The van der Waals surface area contributed by atoms with Crippen LogP contribution in [0, 0.1) is 5.82 Å². The van der Waals surface area contributed by atoms with E-state index in [4.69, 9.17) is 4.74 Å². The molecule has 0 spiro atoms. The van der Waals surface area contributed by atoms with Gasteiger partial charge in [0.2, 0.25) is 0 Å². The van der Waals surface area contributed by atoms with Gasteiger partial charge >= 0.3 is 0 Å². The summed E-state index contributed by atoms with van der Waals surface area (Å²) in [5, 5.41) is 14.5. The molecule has 1 amide bonds. The average molecular weight is 398 g/mol. The Kier molecular flexibility index (Phi) is 5.56. The fraction of sp³-hybridized carbons (Fsp3) is 0.435. The minimum Gasteiger partial charge on any atom is -0.497 e. The van der Waals surface area contributed by atoms with Crippen molar-refractivity contribution in [3.63, 3.8) is 0 Å². The summed E-state index contributed by atoms with van der Waals surface area (Å²) in [6, 6.07) is 13.0. The number of hydrogen-bond acceptors (Lipinski definition) is 4. The van der Waals surface area contributed by atoms with E-state index in [1.54, 1.807) is 17.0 Å². The number of ether oxygens (including phenoxy) is 1. The molecule has 0 bridgehead atoms. The molecule has 0 radical (unpaired) electrons. The fourth-order valence-electron chi connectivity index (χ4n) is 4.40. The number of nitrogens with one attached hydrogen (secondary N) is 1. The van der Waals surface area contributed by atoms with E-state index >= 15 is 0 Å². The molecule has 1 atom stereocenters. The van der Waals surface area contributed by atoms with Gasteiger partial charge in [-0.1, -0.05) is 24.3 Å². The topological polar surface area (TPSA) is 61.8 Å². The van der Waals surface area contributed by atoms with Gasteiger partial charge in [-0.25, -0.2) is 4.39 Å². The SMILES string of the molecule is COc1ccc(F)c(CN2CCCC(O)(CNC3Cc4ccccc4C3)C2=O)c1. The van der Waals surface area contributed by atoms with Gasteiger partial charge in [-0.15, -0.1) is 0 Å². The Bertz CT molecular complexity index is 878.